The van der Waals surface area contributed by atoms with Gasteiger partial charge in [0.25, 0.3) is 0 Å². The van der Waals surface area contributed by atoms with E-state index in [-0.39, 0.29) is 12.5 Å². The average molecular weight is 427 g/mol. The molecule has 3 rings (SSSR count). The van der Waals surface area contributed by atoms with Crippen molar-refractivity contribution < 1.29 is 14.7 Å². The van der Waals surface area contributed by atoms with Crippen LogP contribution < -0.4 is 15.1 Å². The van der Waals surface area contributed by atoms with Crippen LogP contribution in [0.1, 0.15) is 46.6 Å². The number of fused-ring (bicyclic) bond motifs is 1. The first-order valence-corrected chi connectivity index (χ1v) is 10.6. The van der Waals surface area contributed by atoms with E-state index in [4.69, 9.17) is 19.9 Å². The van der Waals surface area contributed by atoms with Gasteiger partial charge in [-0.2, -0.15) is 4.98 Å². The molecule has 2 aromatic heterocycles. The molecule has 0 aliphatic heterocycles. The molecule has 31 heavy (non-hydrogen) atoms. The van der Waals surface area contributed by atoms with E-state index in [0.29, 0.717) is 24.7 Å². The molecule has 2 heterocycles. The molecule has 3 aromatic rings. The minimum Gasteiger partial charge on any atom is -0.494 e. The third-order valence-electron chi connectivity index (χ3n) is 5.06. The predicted molar refractivity (Wildman–Crippen MR) is 119 cm³/mol. The summed E-state index contributed by atoms with van der Waals surface area (Å²) in [6.07, 6.45) is 2.51. The molecule has 0 atom stereocenters. The molecule has 0 aliphatic carbocycles. The third kappa shape index (κ3) is 5.11. The molecule has 0 saturated carbocycles. The summed E-state index contributed by atoms with van der Waals surface area (Å²) in [7, 11) is 0. The molecule has 0 fully saturated rings. The second kappa shape index (κ2) is 10.2. The molecule has 0 unspecified atom stereocenters. The minimum atomic E-state index is -0.426. The molecule has 0 radical (unpaired) electrons. The SMILES string of the molecule is CCN(CC)c1nc(-c2cccc(OCCCC(=O)NO)c2)c2ncn(C(C)C)c2n1. The number of hydroxylamine groups is 1. The van der Waals surface area contributed by atoms with Crippen molar-refractivity contribution in [3.8, 4) is 17.0 Å². The maximum absolute atomic E-state index is 11.1. The summed E-state index contributed by atoms with van der Waals surface area (Å²) in [5.74, 6) is 0.933. The van der Waals surface area contributed by atoms with E-state index in [2.05, 4.69) is 42.1 Å². The van der Waals surface area contributed by atoms with Crippen LogP contribution in [0.5, 0.6) is 5.75 Å². The molecule has 0 saturated heterocycles. The van der Waals surface area contributed by atoms with Gasteiger partial charge in [0.2, 0.25) is 11.9 Å². The van der Waals surface area contributed by atoms with Gasteiger partial charge < -0.3 is 14.2 Å². The second-order valence-corrected chi connectivity index (χ2v) is 7.48. The normalized spacial score (nSPS) is 11.2. The Morgan fingerprint density at radius 1 is 1.26 bits per heavy atom. The zero-order valence-electron chi connectivity index (χ0n) is 18.5. The maximum atomic E-state index is 11.1. The Bertz CT molecular complexity index is 1030. The highest BCUT2D eigenvalue weighted by Gasteiger charge is 2.18. The number of nitrogens with one attached hydrogen (secondary N) is 1. The molecule has 1 aromatic carbocycles. The van der Waals surface area contributed by atoms with Crippen LogP contribution in [-0.2, 0) is 4.79 Å². The van der Waals surface area contributed by atoms with Gasteiger partial charge in [-0.25, -0.2) is 15.4 Å². The van der Waals surface area contributed by atoms with Gasteiger partial charge in [0.05, 0.1) is 12.9 Å². The zero-order chi connectivity index (χ0) is 22.4. The van der Waals surface area contributed by atoms with Crippen molar-refractivity contribution in [1.29, 1.82) is 0 Å². The highest BCUT2D eigenvalue weighted by Crippen LogP contribution is 2.30. The number of carbonyl (C=O) groups is 1. The van der Waals surface area contributed by atoms with Crippen LogP contribution in [0.25, 0.3) is 22.4 Å². The predicted octanol–water partition coefficient (Wildman–Crippen LogP) is 3.58. The van der Waals surface area contributed by atoms with E-state index in [1.54, 1.807) is 5.48 Å². The van der Waals surface area contributed by atoms with Gasteiger partial charge in [-0.1, -0.05) is 12.1 Å². The lowest BCUT2D eigenvalue weighted by Crippen LogP contribution is -2.24. The van der Waals surface area contributed by atoms with Crippen LogP contribution >= 0.6 is 0 Å². The summed E-state index contributed by atoms with van der Waals surface area (Å²) in [4.78, 5) is 27.5. The molecule has 0 bridgehead atoms. The maximum Gasteiger partial charge on any atom is 0.243 e. The lowest BCUT2D eigenvalue weighted by atomic mass is 10.1. The summed E-state index contributed by atoms with van der Waals surface area (Å²) < 4.78 is 7.85. The number of imidazole rings is 1. The standard InChI is InChI=1S/C22H30N6O3/c1-5-27(6-2)22-24-19(20-21(25-22)28(14-23-20)15(3)4)16-9-7-10-17(13-16)31-12-8-11-18(29)26-30/h7,9-10,13-15,30H,5-6,8,11-12H2,1-4H3,(H,26,29). The summed E-state index contributed by atoms with van der Waals surface area (Å²) in [5.41, 5.74) is 4.83. The van der Waals surface area contributed by atoms with E-state index in [1.165, 1.54) is 0 Å². The molecule has 0 spiro atoms. The molecule has 0 aliphatic rings. The van der Waals surface area contributed by atoms with E-state index < -0.39 is 5.91 Å². The number of hydrogen-bond donors (Lipinski definition) is 2. The number of aromatic nitrogens is 4. The average Bonchev–Trinajstić information content (AvgIpc) is 3.21. The van der Waals surface area contributed by atoms with Gasteiger partial charge in [-0.15, -0.1) is 0 Å². The lowest BCUT2D eigenvalue weighted by molar-refractivity contribution is -0.129. The highest BCUT2D eigenvalue weighted by atomic mass is 16.5. The Morgan fingerprint density at radius 3 is 2.71 bits per heavy atom. The highest BCUT2D eigenvalue weighted by molar-refractivity contribution is 5.88. The zero-order valence-corrected chi connectivity index (χ0v) is 18.5. The Labute approximate surface area is 182 Å². The van der Waals surface area contributed by atoms with E-state index in [1.807, 2.05) is 30.6 Å². The van der Waals surface area contributed by atoms with Crippen LogP contribution in [0.15, 0.2) is 30.6 Å². The van der Waals surface area contributed by atoms with Gasteiger partial charge in [0.1, 0.15) is 17.0 Å². The fraction of sp³-hybridized carbons (Fsp3) is 0.455. The molecule has 2 N–H and O–H groups in total. The Kier molecular flexibility index (Phi) is 7.41. The van der Waals surface area contributed by atoms with Gasteiger partial charge >= 0.3 is 0 Å². The van der Waals surface area contributed by atoms with Crippen molar-refractivity contribution >= 4 is 23.0 Å². The Balaban J connectivity index is 1.96. The summed E-state index contributed by atoms with van der Waals surface area (Å²) in [6.45, 7) is 10.4. The molecule has 9 heteroatoms. The Morgan fingerprint density at radius 2 is 2.03 bits per heavy atom. The van der Waals surface area contributed by atoms with Crippen molar-refractivity contribution in [2.45, 2.75) is 46.6 Å². The number of rotatable bonds is 10. The van der Waals surface area contributed by atoms with Gasteiger partial charge in [0, 0.05) is 31.1 Å². The van der Waals surface area contributed by atoms with Crippen molar-refractivity contribution in [2.75, 3.05) is 24.6 Å². The van der Waals surface area contributed by atoms with Gasteiger partial charge in [-0.05, 0) is 46.2 Å². The molecular weight excluding hydrogens is 396 g/mol. The van der Waals surface area contributed by atoms with E-state index in [9.17, 15) is 4.79 Å². The topological polar surface area (TPSA) is 105 Å². The number of anilines is 1. The van der Waals surface area contributed by atoms with Crippen molar-refractivity contribution in [1.82, 2.24) is 25.0 Å². The van der Waals surface area contributed by atoms with Gasteiger partial charge in [-0.3, -0.25) is 10.0 Å². The van der Waals surface area contributed by atoms with Crippen LogP contribution in [0, 0.1) is 0 Å². The second-order valence-electron chi connectivity index (χ2n) is 7.48. The number of amides is 1. The smallest absolute Gasteiger partial charge is 0.243 e. The minimum absolute atomic E-state index is 0.197. The lowest BCUT2D eigenvalue weighted by Gasteiger charge is -2.20. The number of hydrogen-bond acceptors (Lipinski definition) is 7. The Hall–Kier alpha value is -3.20. The monoisotopic (exact) mass is 426 g/mol. The molecule has 166 valence electrons. The van der Waals surface area contributed by atoms with E-state index >= 15 is 0 Å². The van der Waals surface area contributed by atoms with Crippen LogP contribution in [-0.4, -0.2) is 50.3 Å². The fourth-order valence-electron chi connectivity index (χ4n) is 3.34. The molecule has 1 amide bonds. The number of ether oxygens (including phenoxy) is 1. The summed E-state index contributed by atoms with van der Waals surface area (Å²) in [6, 6.07) is 7.91. The molecule has 9 nitrogen and oxygen atoms in total. The van der Waals surface area contributed by atoms with Crippen molar-refractivity contribution in [2.24, 2.45) is 0 Å². The third-order valence-corrected chi connectivity index (χ3v) is 5.06. The quantitative estimate of drug-likeness (QED) is 0.290. The largest absolute Gasteiger partial charge is 0.494 e. The number of benzene rings is 1. The first-order valence-electron chi connectivity index (χ1n) is 10.6. The number of nitrogens with zero attached hydrogens (tertiary/aromatic N) is 5. The summed E-state index contributed by atoms with van der Waals surface area (Å²) in [5, 5.41) is 8.57. The first kappa shape index (κ1) is 22.5. The van der Waals surface area contributed by atoms with Crippen molar-refractivity contribution in [3.63, 3.8) is 0 Å². The fourth-order valence-corrected chi connectivity index (χ4v) is 3.34. The van der Waals surface area contributed by atoms with Gasteiger partial charge in [0.15, 0.2) is 5.65 Å². The van der Waals surface area contributed by atoms with Crippen LogP contribution in [0.3, 0.4) is 0 Å². The molecular formula is C22H30N6O3. The van der Waals surface area contributed by atoms with Crippen molar-refractivity contribution in [3.05, 3.63) is 30.6 Å². The first-order chi connectivity index (χ1) is 15.0. The number of carbonyl (C=O) groups excluding carboxylic acids is 1. The summed E-state index contributed by atoms with van der Waals surface area (Å²) >= 11 is 0. The van der Waals surface area contributed by atoms with Crippen LogP contribution in [0.2, 0.25) is 0 Å². The van der Waals surface area contributed by atoms with E-state index in [0.717, 1.165) is 35.5 Å². The van der Waals surface area contributed by atoms with Crippen LogP contribution in [0.4, 0.5) is 5.95 Å².